The number of hydrogen-bond acceptors (Lipinski definition) is 3. The quantitative estimate of drug-likeness (QED) is 0.400. The van der Waals surface area contributed by atoms with Gasteiger partial charge in [-0.3, -0.25) is 0 Å². The minimum atomic E-state index is -1.13. The Balaban J connectivity index is 3.90. The van der Waals surface area contributed by atoms with Crippen LogP contribution in [0.4, 0.5) is 0 Å². The first kappa shape index (κ1) is 11.7. The van der Waals surface area contributed by atoms with Gasteiger partial charge in [-0.2, -0.15) is 0 Å². The van der Waals surface area contributed by atoms with Crippen LogP contribution in [0.1, 0.15) is 26.7 Å². The van der Waals surface area contributed by atoms with Crippen LogP contribution in [0.5, 0.6) is 0 Å². The molecule has 0 aliphatic carbocycles. The molecule has 0 amide bonds. The second-order valence-electron chi connectivity index (χ2n) is 2.66. The van der Waals surface area contributed by atoms with Crippen LogP contribution in [0.15, 0.2) is 11.6 Å². The fourth-order valence-electron chi connectivity index (χ4n) is 0.667. The zero-order valence-corrected chi connectivity index (χ0v) is 7.87. The lowest BCUT2D eigenvalue weighted by atomic mass is 10.3. The lowest BCUT2D eigenvalue weighted by Crippen LogP contribution is -2.08. The van der Waals surface area contributed by atoms with E-state index in [9.17, 15) is 9.59 Å². The van der Waals surface area contributed by atoms with Gasteiger partial charge in [0.05, 0.1) is 6.61 Å². The molecule has 0 atom stereocenters. The Morgan fingerprint density at radius 2 is 2.08 bits per heavy atom. The van der Waals surface area contributed by atoms with E-state index in [2.05, 4.69) is 0 Å². The van der Waals surface area contributed by atoms with Crippen LogP contribution in [0, 0.1) is 0 Å². The molecule has 0 unspecified atom stereocenters. The second-order valence-corrected chi connectivity index (χ2v) is 2.66. The minimum Gasteiger partial charge on any atom is -0.478 e. The van der Waals surface area contributed by atoms with E-state index < -0.39 is 11.9 Å². The third kappa shape index (κ3) is 5.90. The van der Waals surface area contributed by atoms with E-state index in [1.807, 2.05) is 6.92 Å². The number of rotatable bonds is 5. The van der Waals surface area contributed by atoms with Crippen molar-refractivity contribution in [2.45, 2.75) is 26.7 Å². The van der Waals surface area contributed by atoms with Gasteiger partial charge >= 0.3 is 11.9 Å². The summed E-state index contributed by atoms with van der Waals surface area (Å²) in [5.74, 6) is -1.69. The van der Waals surface area contributed by atoms with Crippen molar-refractivity contribution in [1.82, 2.24) is 0 Å². The number of esters is 1. The van der Waals surface area contributed by atoms with E-state index in [1.54, 1.807) is 0 Å². The van der Waals surface area contributed by atoms with Crippen molar-refractivity contribution in [1.29, 1.82) is 0 Å². The molecule has 0 bridgehead atoms. The number of hydrogen-bond donors (Lipinski definition) is 1. The first-order chi connectivity index (χ1) is 6.07. The van der Waals surface area contributed by atoms with Crippen LogP contribution in [-0.2, 0) is 14.3 Å². The summed E-state index contributed by atoms with van der Waals surface area (Å²) in [6.07, 6.45) is 2.58. The van der Waals surface area contributed by atoms with E-state index in [0.29, 0.717) is 6.61 Å². The van der Waals surface area contributed by atoms with Gasteiger partial charge in [0.2, 0.25) is 0 Å². The molecule has 0 saturated carbocycles. The van der Waals surface area contributed by atoms with Crippen LogP contribution in [0.2, 0.25) is 0 Å². The fraction of sp³-hybridized carbons (Fsp3) is 0.556. The molecule has 0 spiro atoms. The number of carbonyl (C=O) groups is 2. The van der Waals surface area contributed by atoms with E-state index in [4.69, 9.17) is 9.84 Å². The number of aliphatic carboxylic acids is 1. The molecule has 0 saturated heterocycles. The van der Waals surface area contributed by atoms with Gasteiger partial charge in [-0.1, -0.05) is 13.3 Å². The summed E-state index contributed by atoms with van der Waals surface area (Å²) in [7, 11) is 0. The molecule has 1 N–H and O–H groups in total. The summed E-state index contributed by atoms with van der Waals surface area (Å²) in [4.78, 5) is 21.2. The molecular weight excluding hydrogens is 172 g/mol. The molecule has 0 heterocycles. The van der Waals surface area contributed by atoms with Gasteiger partial charge in [0.25, 0.3) is 0 Å². The lowest BCUT2D eigenvalue weighted by molar-refractivity contribution is -0.140. The van der Waals surface area contributed by atoms with Gasteiger partial charge in [0.15, 0.2) is 0 Å². The van der Waals surface area contributed by atoms with Gasteiger partial charge in [0, 0.05) is 11.6 Å². The maximum atomic E-state index is 11.0. The highest BCUT2D eigenvalue weighted by molar-refractivity contribution is 5.95. The normalized spacial score (nSPS) is 11.1. The molecule has 0 aromatic heterocycles. The number of carboxylic acids is 1. The summed E-state index contributed by atoms with van der Waals surface area (Å²) in [6, 6.07) is 0. The van der Waals surface area contributed by atoms with Crippen LogP contribution < -0.4 is 0 Å². The highest BCUT2D eigenvalue weighted by atomic mass is 16.5. The largest absolute Gasteiger partial charge is 0.478 e. The van der Waals surface area contributed by atoms with Crippen molar-refractivity contribution in [3.63, 3.8) is 0 Å². The standard InChI is InChI=1S/C9H14O4/c1-3-4-5-13-9(12)7(2)6-8(10)11/h6H,3-5H2,1-2H3,(H,10,11)/b7-6+. The fourth-order valence-corrected chi connectivity index (χ4v) is 0.667. The first-order valence-corrected chi connectivity index (χ1v) is 4.16. The SMILES string of the molecule is CCCCOC(=O)/C(C)=C/C(=O)O. The Morgan fingerprint density at radius 3 is 2.54 bits per heavy atom. The van der Waals surface area contributed by atoms with E-state index in [1.165, 1.54) is 6.92 Å². The van der Waals surface area contributed by atoms with Gasteiger partial charge in [-0.15, -0.1) is 0 Å². The molecule has 0 rings (SSSR count). The van der Waals surface area contributed by atoms with Crippen LogP contribution in [0.25, 0.3) is 0 Å². The number of ether oxygens (including phenoxy) is 1. The Bertz CT molecular complexity index is 218. The van der Waals surface area contributed by atoms with E-state index >= 15 is 0 Å². The van der Waals surface area contributed by atoms with Gasteiger partial charge < -0.3 is 9.84 Å². The monoisotopic (exact) mass is 186 g/mol. The average molecular weight is 186 g/mol. The predicted molar refractivity (Wildman–Crippen MR) is 47.3 cm³/mol. The molecule has 4 nitrogen and oxygen atoms in total. The number of carbonyl (C=O) groups excluding carboxylic acids is 1. The molecule has 0 aromatic carbocycles. The van der Waals surface area contributed by atoms with Gasteiger partial charge in [-0.25, -0.2) is 9.59 Å². The van der Waals surface area contributed by atoms with Crippen LogP contribution in [0.3, 0.4) is 0 Å². The summed E-state index contributed by atoms with van der Waals surface area (Å²) < 4.78 is 4.77. The number of unbranched alkanes of at least 4 members (excludes halogenated alkanes) is 1. The third-order valence-corrected chi connectivity index (χ3v) is 1.39. The topological polar surface area (TPSA) is 63.6 Å². The second kappa shape index (κ2) is 6.22. The van der Waals surface area contributed by atoms with Crippen molar-refractivity contribution in [2.75, 3.05) is 6.61 Å². The van der Waals surface area contributed by atoms with Crippen molar-refractivity contribution < 1.29 is 19.4 Å². The van der Waals surface area contributed by atoms with Gasteiger partial charge in [0.1, 0.15) is 0 Å². The maximum Gasteiger partial charge on any atom is 0.333 e. The average Bonchev–Trinajstić information content (AvgIpc) is 2.03. The molecule has 0 aliphatic rings. The highest BCUT2D eigenvalue weighted by Gasteiger charge is 2.06. The highest BCUT2D eigenvalue weighted by Crippen LogP contribution is 1.98. The first-order valence-electron chi connectivity index (χ1n) is 4.16. The third-order valence-electron chi connectivity index (χ3n) is 1.39. The van der Waals surface area contributed by atoms with Crippen molar-refractivity contribution in [2.24, 2.45) is 0 Å². The Hall–Kier alpha value is -1.32. The lowest BCUT2D eigenvalue weighted by Gasteiger charge is -2.02. The van der Waals surface area contributed by atoms with Crippen molar-refractivity contribution >= 4 is 11.9 Å². The molecule has 4 heteroatoms. The Labute approximate surface area is 77.2 Å². The summed E-state index contributed by atoms with van der Waals surface area (Å²) in [6.45, 7) is 3.75. The molecule has 0 radical (unpaired) electrons. The smallest absolute Gasteiger partial charge is 0.333 e. The molecular formula is C9H14O4. The summed E-state index contributed by atoms with van der Waals surface area (Å²) in [5.41, 5.74) is 0.114. The zero-order chi connectivity index (χ0) is 10.3. The molecule has 13 heavy (non-hydrogen) atoms. The van der Waals surface area contributed by atoms with E-state index in [0.717, 1.165) is 18.9 Å². The summed E-state index contributed by atoms with van der Waals surface area (Å²) >= 11 is 0. The van der Waals surface area contributed by atoms with Gasteiger partial charge in [-0.05, 0) is 13.3 Å². The molecule has 0 aliphatic heterocycles. The van der Waals surface area contributed by atoms with Crippen molar-refractivity contribution in [3.05, 3.63) is 11.6 Å². The molecule has 0 fully saturated rings. The van der Waals surface area contributed by atoms with Crippen LogP contribution in [-0.4, -0.2) is 23.7 Å². The summed E-state index contributed by atoms with van der Waals surface area (Å²) in [5, 5.41) is 8.32. The zero-order valence-electron chi connectivity index (χ0n) is 7.87. The minimum absolute atomic E-state index is 0.114. The Morgan fingerprint density at radius 1 is 1.46 bits per heavy atom. The predicted octanol–water partition coefficient (Wildman–Crippen LogP) is 1.36. The maximum absolute atomic E-state index is 11.0. The molecule has 74 valence electrons. The molecule has 0 aromatic rings. The van der Waals surface area contributed by atoms with E-state index in [-0.39, 0.29) is 5.57 Å². The van der Waals surface area contributed by atoms with Crippen LogP contribution >= 0.6 is 0 Å². The Kier molecular flexibility index (Phi) is 5.59. The number of carboxylic acid groups (broad SMARTS) is 1. The van der Waals surface area contributed by atoms with Crippen molar-refractivity contribution in [3.8, 4) is 0 Å².